The standard InChI is InChI=1S/C24H22FNO5/c1-16(30-21-14-12-20(29-2)13-15-21)24(28)31-22(17-6-4-3-5-7-17)23(27)26-19-10-8-18(25)9-11-19/h3-16,22H,1-2H3,(H,26,27). The van der Waals surface area contributed by atoms with Crippen LogP contribution in [-0.2, 0) is 14.3 Å². The summed E-state index contributed by atoms with van der Waals surface area (Å²) in [6, 6.07) is 20.7. The lowest BCUT2D eigenvalue weighted by Gasteiger charge is -2.21. The van der Waals surface area contributed by atoms with Gasteiger partial charge in [0.25, 0.3) is 5.91 Å². The predicted molar refractivity (Wildman–Crippen MR) is 113 cm³/mol. The summed E-state index contributed by atoms with van der Waals surface area (Å²) < 4.78 is 29.3. The molecule has 0 aliphatic carbocycles. The number of rotatable bonds is 8. The third kappa shape index (κ3) is 6.05. The fourth-order valence-electron chi connectivity index (χ4n) is 2.76. The Hall–Kier alpha value is -3.87. The number of halogens is 1. The van der Waals surface area contributed by atoms with E-state index in [9.17, 15) is 14.0 Å². The fourth-order valence-corrected chi connectivity index (χ4v) is 2.76. The molecule has 3 aromatic rings. The SMILES string of the molecule is COc1ccc(OC(C)C(=O)OC(C(=O)Nc2ccc(F)cc2)c2ccccc2)cc1. The van der Waals surface area contributed by atoms with E-state index >= 15 is 0 Å². The lowest BCUT2D eigenvalue weighted by Crippen LogP contribution is -2.32. The van der Waals surface area contributed by atoms with Gasteiger partial charge < -0.3 is 19.5 Å². The number of amides is 1. The Morgan fingerprint density at radius 1 is 0.871 bits per heavy atom. The first-order chi connectivity index (χ1) is 15.0. The molecule has 0 saturated carbocycles. The van der Waals surface area contributed by atoms with Crippen molar-refractivity contribution in [3.63, 3.8) is 0 Å². The van der Waals surface area contributed by atoms with Crippen molar-refractivity contribution >= 4 is 17.6 Å². The monoisotopic (exact) mass is 423 g/mol. The summed E-state index contributed by atoms with van der Waals surface area (Å²) in [6.45, 7) is 1.53. The minimum atomic E-state index is -1.21. The molecule has 0 aliphatic rings. The highest BCUT2D eigenvalue weighted by molar-refractivity contribution is 5.96. The first-order valence-electron chi connectivity index (χ1n) is 9.59. The van der Waals surface area contributed by atoms with E-state index in [2.05, 4.69) is 5.32 Å². The van der Waals surface area contributed by atoms with Crippen LogP contribution >= 0.6 is 0 Å². The Kier molecular flexibility index (Phi) is 7.22. The Balaban J connectivity index is 1.71. The zero-order chi connectivity index (χ0) is 22.2. The lowest BCUT2D eigenvalue weighted by atomic mass is 10.1. The van der Waals surface area contributed by atoms with Crippen LogP contribution < -0.4 is 14.8 Å². The molecule has 0 fully saturated rings. The summed E-state index contributed by atoms with van der Waals surface area (Å²) in [5.74, 6) is -0.586. The highest BCUT2D eigenvalue weighted by atomic mass is 19.1. The van der Waals surface area contributed by atoms with Gasteiger partial charge >= 0.3 is 5.97 Å². The van der Waals surface area contributed by atoms with Crippen LogP contribution in [0.4, 0.5) is 10.1 Å². The van der Waals surface area contributed by atoms with Gasteiger partial charge in [-0.2, -0.15) is 0 Å². The zero-order valence-corrected chi connectivity index (χ0v) is 17.1. The highest BCUT2D eigenvalue weighted by Crippen LogP contribution is 2.23. The van der Waals surface area contributed by atoms with Gasteiger partial charge in [-0.1, -0.05) is 30.3 Å². The van der Waals surface area contributed by atoms with E-state index in [1.54, 1.807) is 61.7 Å². The summed E-state index contributed by atoms with van der Waals surface area (Å²) in [7, 11) is 1.55. The van der Waals surface area contributed by atoms with E-state index in [0.717, 1.165) is 0 Å². The molecule has 160 valence electrons. The summed E-state index contributed by atoms with van der Waals surface area (Å²) in [6.07, 6.45) is -2.17. The van der Waals surface area contributed by atoms with Crippen LogP contribution in [0.2, 0.25) is 0 Å². The van der Waals surface area contributed by atoms with Gasteiger partial charge in [-0.15, -0.1) is 0 Å². The third-order valence-corrected chi connectivity index (χ3v) is 4.39. The van der Waals surface area contributed by atoms with Gasteiger partial charge in [0, 0.05) is 11.3 Å². The Labute approximate surface area is 179 Å². The maximum absolute atomic E-state index is 13.1. The number of ether oxygens (including phenoxy) is 3. The maximum Gasteiger partial charge on any atom is 0.348 e. The van der Waals surface area contributed by atoms with Crippen LogP contribution in [-0.4, -0.2) is 25.1 Å². The number of anilines is 1. The van der Waals surface area contributed by atoms with Gasteiger partial charge in [0.05, 0.1) is 7.11 Å². The molecule has 1 amide bonds. The molecule has 3 rings (SSSR count). The van der Waals surface area contributed by atoms with Crippen molar-refractivity contribution in [1.82, 2.24) is 0 Å². The normalized spacial score (nSPS) is 12.4. The minimum absolute atomic E-state index is 0.380. The Morgan fingerprint density at radius 2 is 1.48 bits per heavy atom. The van der Waals surface area contributed by atoms with Gasteiger partial charge in [0.1, 0.15) is 17.3 Å². The molecule has 6 nitrogen and oxygen atoms in total. The van der Waals surface area contributed by atoms with Crippen LogP contribution in [0, 0.1) is 5.82 Å². The number of hydrogen-bond donors (Lipinski definition) is 1. The van der Waals surface area contributed by atoms with Crippen LogP contribution in [0.25, 0.3) is 0 Å². The maximum atomic E-state index is 13.1. The number of esters is 1. The molecule has 0 aromatic heterocycles. The molecule has 7 heteroatoms. The number of carbonyl (C=O) groups excluding carboxylic acids is 2. The van der Waals surface area contributed by atoms with Gasteiger partial charge in [0.15, 0.2) is 6.10 Å². The molecule has 0 spiro atoms. The molecule has 0 bridgehead atoms. The van der Waals surface area contributed by atoms with E-state index in [4.69, 9.17) is 14.2 Å². The summed E-state index contributed by atoms with van der Waals surface area (Å²) in [4.78, 5) is 25.5. The van der Waals surface area contributed by atoms with E-state index in [1.807, 2.05) is 0 Å². The largest absolute Gasteiger partial charge is 0.497 e. The van der Waals surface area contributed by atoms with E-state index in [1.165, 1.54) is 31.2 Å². The topological polar surface area (TPSA) is 73.9 Å². The van der Waals surface area contributed by atoms with E-state index < -0.39 is 29.9 Å². The van der Waals surface area contributed by atoms with E-state index in [0.29, 0.717) is 22.7 Å². The average molecular weight is 423 g/mol. The molecule has 2 atom stereocenters. The number of hydrogen-bond acceptors (Lipinski definition) is 5. The summed E-state index contributed by atoms with van der Waals surface area (Å²) >= 11 is 0. The molecule has 0 aliphatic heterocycles. The van der Waals surface area contributed by atoms with Crippen LogP contribution in [0.3, 0.4) is 0 Å². The van der Waals surface area contributed by atoms with Crippen LogP contribution in [0.5, 0.6) is 11.5 Å². The molecular weight excluding hydrogens is 401 g/mol. The van der Waals surface area contributed by atoms with Gasteiger partial charge in [-0.3, -0.25) is 4.79 Å². The van der Waals surface area contributed by atoms with Gasteiger partial charge in [-0.05, 0) is 55.5 Å². The van der Waals surface area contributed by atoms with Crippen LogP contribution in [0.15, 0.2) is 78.9 Å². The number of benzene rings is 3. The van der Waals surface area contributed by atoms with Gasteiger partial charge in [-0.25, -0.2) is 9.18 Å². The van der Waals surface area contributed by atoms with Crippen molar-refractivity contribution in [3.05, 3.63) is 90.2 Å². The lowest BCUT2D eigenvalue weighted by molar-refractivity contribution is -0.161. The average Bonchev–Trinajstić information content (AvgIpc) is 2.79. The molecule has 3 aromatic carbocycles. The molecule has 31 heavy (non-hydrogen) atoms. The number of carbonyl (C=O) groups is 2. The molecule has 0 heterocycles. The highest BCUT2D eigenvalue weighted by Gasteiger charge is 2.28. The van der Waals surface area contributed by atoms with Gasteiger partial charge in [0.2, 0.25) is 6.10 Å². The zero-order valence-electron chi connectivity index (χ0n) is 17.1. The Morgan fingerprint density at radius 3 is 2.10 bits per heavy atom. The fraction of sp³-hybridized carbons (Fsp3) is 0.167. The van der Waals surface area contributed by atoms with Crippen molar-refractivity contribution in [3.8, 4) is 11.5 Å². The molecular formula is C24H22FNO5. The minimum Gasteiger partial charge on any atom is -0.497 e. The molecule has 0 saturated heterocycles. The number of nitrogens with one attached hydrogen (secondary N) is 1. The molecule has 1 N–H and O–H groups in total. The molecule has 0 radical (unpaired) electrons. The van der Waals surface area contributed by atoms with Crippen LogP contribution in [0.1, 0.15) is 18.6 Å². The first-order valence-corrected chi connectivity index (χ1v) is 9.59. The summed E-state index contributed by atoms with van der Waals surface area (Å²) in [5.41, 5.74) is 0.873. The second-order valence-corrected chi connectivity index (χ2v) is 6.66. The first kappa shape index (κ1) is 21.8. The van der Waals surface area contributed by atoms with Crippen molar-refractivity contribution in [2.24, 2.45) is 0 Å². The van der Waals surface area contributed by atoms with Crippen molar-refractivity contribution in [1.29, 1.82) is 0 Å². The van der Waals surface area contributed by atoms with Crippen molar-refractivity contribution < 1.29 is 28.2 Å². The molecule has 2 unspecified atom stereocenters. The second-order valence-electron chi connectivity index (χ2n) is 6.66. The smallest absolute Gasteiger partial charge is 0.348 e. The summed E-state index contributed by atoms with van der Waals surface area (Å²) in [5, 5.41) is 2.64. The van der Waals surface area contributed by atoms with Crippen molar-refractivity contribution in [2.45, 2.75) is 19.1 Å². The third-order valence-electron chi connectivity index (χ3n) is 4.39. The van der Waals surface area contributed by atoms with E-state index in [-0.39, 0.29) is 0 Å². The van der Waals surface area contributed by atoms with Crippen molar-refractivity contribution in [2.75, 3.05) is 12.4 Å². The second kappa shape index (κ2) is 10.2. The predicted octanol–water partition coefficient (Wildman–Crippen LogP) is 4.52. The quantitative estimate of drug-likeness (QED) is 0.539. The Bertz CT molecular complexity index is 1010. The number of methoxy groups -OCH3 is 1.